The second-order valence-electron chi connectivity index (χ2n) is 6.87. The molecule has 3 rings (SSSR count). The molecule has 1 saturated heterocycles. The third kappa shape index (κ3) is 5.33. The van der Waals surface area contributed by atoms with Gasteiger partial charge in [-0.05, 0) is 42.0 Å². The lowest BCUT2D eigenvalue weighted by atomic mass is 9.98. The van der Waals surface area contributed by atoms with Crippen LogP contribution in [-0.2, 0) is 22.6 Å². The van der Waals surface area contributed by atoms with Gasteiger partial charge < -0.3 is 14.4 Å². The predicted octanol–water partition coefficient (Wildman–Crippen LogP) is 3.69. The smallest absolute Gasteiger partial charge is 0.226 e. The van der Waals surface area contributed by atoms with Gasteiger partial charge in [-0.1, -0.05) is 42.5 Å². The second kappa shape index (κ2) is 9.39. The van der Waals surface area contributed by atoms with E-state index in [4.69, 9.17) is 9.47 Å². The van der Waals surface area contributed by atoms with Gasteiger partial charge in [-0.15, -0.1) is 0 Å². The maximum atomic E-state index is 12.6. The molecule has 4 heteroatoms. The Hall–Kier alpha value is -2.33. The fraction of sp³-hybridized carbons (Fsp3) is 0.409. The Morgan fingerprint density at radius 2 is 1.85 bits per heavy atom. The number of nitrogens with zero attached hydrogens (tertiary/aromatic N) is 1. The van der Waals surface area contributed by atoms with Crippen molar-refractivity contribution >= 4 is 5.91 Å². The van der Waals surface area contributed by atoms with Crippen molar-refractivity contribution < 1.29 is 14.3 Å². The van der Waals surface area contributed by atoms with Crippen LogP contribution in [0.5, 0.6) is 5.75 Å². The van der Waals surface area contributed by atoms with Crippen molar-refractivity contribution in [3.8, 4) is 5.75 Å². The molecule has 1 amide bonds. The van der Waals surface area contributed by atoms with Crippen molar-refractivity contribution in [3.05, 3.63) is 65.7 Å². The van der Waals surface area contributed by atoms with E-state index < -0.39 is 0 Å². The minimum absolute atomic E-state index is 0.197. The Morgan fingerprint density at radius 3 is 2.58 bits per heavy atom. The van der Waals surface area contributed by atoms with Crippen LogP contribution >= 0.6 is 0 Å². The lowest BCUT2D eigenvalue weighted by molar-refractivity contribution is -0.132. The van der Waals surface area contributed by atoms with E-state index in [9.17, 15) is 4.79 Å². The number of ether oxygens (including phenoxy) is 2. The largest absolute Gasteiger partial charge is 0.497 e. The Labute approximate surface area is 155 Å². The van der Waals surface area contributed by atoms with Crippen LogP contribution < -0.4 is 4.74 Å². The van der Waals surface area contributed by atoms with E-state index in [1.165, 1.54) is 5.56 Å². The van der Waals surface area contributed by atoms with Crippen molar-refractivity contribution in [2.24, 2.45) is 5.92 Å². The van der Waals surface area contributed by atoms with Gasteiger partial charge in [-0.3, -0.25) is 4.79 Å². The van der Waals surface area contributed by atoms with Crippen molar-refractivity contribution in [3.63, 3.8) is 0 Å². The van der Waals surface area contributed by atoms with Crippen LogP contribution in [0.4, 0.5) is 0 Å². The molecule has 1 aliphatic rings. The second-order valence-corrected chi connectivity index (χ2v) is 6.87. The first kappa shape index (κ1) is 18.5. The number of rotatable bonds is 7. The van der Waals surface area contributed by atoms with E-state index in [2.05, 4.69) is 12.1 Å². The summed E-state index contributed by atoms with van der Waals surface area (Å²) < 4.78 is 11.0. The van der Waals surface area contributed by atoms with E-state index >= 15 is 0 Å². The molecule has 1 heterocycles. The highest BCUT2D eigenvalue weighted by molar-refractivity contribution is 5.78. The number of benzene rings is 2. The van der Waals surface area contributed by atoms with Crippen LogP contribution in [0, 0.1) is 5.92 Å². The number of carbonyl (C=O) groups is 1. The van der Waals surface area contributed by atoms with Gasteiger partial charge in [0.1, 0.15) is 5.75 Å². The molecule has 2 aromatic rings. The number of amides is 1. The zero-order valence-electron chi connectivity index (χ0n) is 15.4. The molecule has 1 unspecified atom stereocenters. The summed E-state index contributed by atoms with van der Waals surface area (Å²) in [6.07, 6.45) is 2.62. The van der Waals surface area contributed by atoms with E-state index in [1.54, 1.807) is 7.11 Å². The van der Waals surface area contributed by atoms with E-state index in [-0.39, 0.29) is 5.91 Å². The molecule has 0 N–H and O–H groups in total. The Bertz CT molecular complexity index is 684. The molecule has 1 aliphatic heterocycles. The predicted molar refractivity (Wildman–Crippen MR) is 102 cm³/mol. The van der Waals surface area contributed by atoms with Gasteiger partial charge in [0.05, 0.1) is 26.7 Å². The average Bonchev–Trinajstić information content (AvgIpc) is 2.69. The van der Waals surface area contributed by atoms with Crippen molar-refractivity contribution in [2.75, 3.05) is 26.8 Å². The molecule has 4 nitrogen and oxygen atoms in total. The lowest BCUT2D eigenvalue weighted by Gasteiger charge is -2.32. The minimum Gasteiger partial charge on any atom is -0.497 e. The van der Waals surface area contributed by atoms with Crippen LogP contribution in [0.15, 0.2) is 54.6 Å². The molecule has 0 aliphatic carbocycles. The molecule has 0 saturated carbocycles. The number of carbonyl (C=O) groups excluding carboxylic acids is 1. The van der Waals surface area contributed by atoms with Gasteiger partial charge >= 0.3 is 0 Å². The summed E-state index contributed by atoms with van der Waals surface area (Å²) >= 11 is 0. The molecular formula is C22H27NO3. The normalized spacial score (nSPS) is 17.1. The summed E-state index contributed by atoms with van der Waals surface area (Å²) in [5.74, 6) is 1.44. The first-order valence-electron chi connectivity index (χ1n) is 9.27. The highest BCUT2D eigenvalue weighted by Crippen LogP contribution is 2.19. The molecule has 0 bridgehead atoms. The molecule has 26 heavy (non-hydrogen) atoms. The highest BCUT2D eigenvalue weighted by Gasteiger charge is 2.23. The Balaban J connectivity index is 1.45. The maximum absolute atomic E-state index is 12.6. The number of hydrogen-bond donors (Lipinski definition) is 0. The average molecular weight is 353 g/mol. The lowest BCUT2D eigenvalue weighted by Crippen LogP contribution is -2.41. The fourth-order valence-electron chi connectivity index (χ4n) is 3.38. The summed E-state index contributed by atoms with van der Waals surface area (Å²) in [5.41, 5.74) is 2.22. The summed E-state index contributed by atoms with van der Waals surface area (Å²) in [5, 5.41) is 0. The standard InChI is InChI=1S/C22H27NO3/c1-25-21-11-9-18(10-12-21)14-22(24)23-13-5-8-20(15-23)17-26-16-19-6-3-2-4-7-19/h2-4,6-7,9-12,20H,5,8,13-17H2,1H3. The summed E-state index contributed by atoms with van der Waals surface area (Å²) in [6.45, 7) is 2.99. The molecule has 1 atom stereocenters. The first-order chi connectivity index (χ1) is 12.7. The minimum atomic E-state index is 0.197. The van der Waals surface area contributed by atoms with Gasteiger partial charge in [0, 0.05) is 13.1 Å². The van der Waals surface area contributed by atoms with Gasteiger partial charge in [0.2, 0.25) is 5.91 Å². The SMILES string of the molecule is COc1ccc(CC(=O)N2CCCC(COCc3ccccc3)C2)cc1. The summed E-state index contributed by atoms with van der Waals surface area (Å²) in [4.78, 5) is 14.6. The zero-order chi connectivity index (χ0) is 18.2. The molecular weight excluding hydrogens is 326 g/mol. The van der Waals surface area contributed by atoms with Crippen LogP contribution in [-0.4, -0.2) is 37.6 Å². The molecule has 0 spiro atoms. The molecule has 0 radical (unpaired) electrons. The number of piperidine rings is 1. The number of methoxy groups -OCH3 is 1. The fourth-order valence-corrected chi connectivity index (χ4v) is 3.38. The molecule has 138 valence electrons. The van der Waals surface area contributed by atoms with Gasteiger partial charge in [0.15, 0.2) is 0 Å². The van der Waals surface area contributed by atoms with Gasteiger partial charge in [-0.25, -0.2) is 0 Å². The van der Waals surface area contributed by atoms with Gasteiger partial charge in [0.25, 0.3) is 0 Å². The Kier molecular flexibility index (Phi) is 6.67. The molecule has 2 aromatic carbocycles. The monoisotopic (exact) mass is 353 g/mol. The third-order valence-electron chi connectivity index (χ3n) is 4.85. The van der Waals surface area contributed by atoms with Crippen molar-refractivity contribution in [1.29, 1.82) is 0 Å². The van der Waals surface area contributed by atoms with E-state index in [1.807, 2.05) is 47.4 Å². The molecule has 0 aromatic heterocycles. The maximum Gasteiger partial charge on any atom is 0.226 e. The van der Waals surface area contributed by atoms with E-state index in [0.717, 1.165) is 37.2 Å². The Morgan fingerprint density at radius 1 is 1.08 bits per heavy atom. The van der Waals surface area contributed by atoms with Crippen molar-refractivity contribution in [1.82, 2.24) is 4.90 Å². The topological polar surface area (TPSA) is 38.8 Å². The summed E-state index contributed by atoms with van der Waals surface area (Å²) in [6, 6.07) is 17.9. The van der Waals surface area contributed by atoms with Crippen LogP contribution in [0.3, 0.4) is 0 Å². The van der Waals surface area contributed by atoms with Gasteiger partial charge in [-0.2, -0.15) is 0 Å². The quantitative estimate of drug-likeness (QED) is 0.762. The zero-order valence-corrected chi connectivity index (χ0v) is 15.4. The highest BCUT2D eigenvalue weighted by atomic mass is 16.5. The first-order valence-corrected chi connectivity index (χ1v) is 9.27. The van der Waals surface area contributed by atoms with Crippen molar-refractivity contribution in [2.45, 2.75) is 25.9 Å². The van der Waals surface area contributed by atoms with Crippen LogP contribution in [0.2, 0.25) is 0 Å². The van der Waals surface area contributed by atoms with Crippen LogP contribution in [0.25, 0.3) is 0 Å². The van der Waals surface area contributed by atoms with Crippen LogP contribution in [0.1, 0.15) is 24.0 Å². The molecule has 1 fully saturated rings. The van der Waals surface area contributed by atoms with E-state index in [0.29, 0.717) is 25.6 Å². The number of hydrogen-bond acceptors (Lipinski definition) is 3. The summed E-state index contributed by atoms with van der Waals surface area (Å²) in [7, 11) is 1.65. The third-order valence-corrected chi connectivity index (χ3v) is 4.85. The number of likely N-dealkylation sites (tertiary alicyclic amines) is 1.